The second-order valence-corrected chi connectivity index (χ2v) is 22.7. The quantitative estimate of drug-likeness (QED) is 0.123. The third-order valence-electron chi connectivity index (χ3n) is 12.1. The summed E-state index contributed by atoms with van der Waals surface area (Å²) in [4.78, 5) is 4.82. The lowest BCUT2D eigenvalue weighted by molar-refractivity contribution is 0.590. The maximum absolute atomic E-state index is 2.54. The fraction of sp³-hybridized carbons (Fsp3) is 0.185. The summed E-state index contributed by atoms with van der Waals surface area (Å²) in [5, 5.41) is 8.29. The third kappa shape index (κ3) is 6.44. The van der Waals surface area contributed by atoms with Gasteiger partial charge >= 0.3 is 0 Å². The summed E-state index contributed by atoms with van der Waals surface area (Å²) in [7, 11) is -2.16. The highest BCUT2D eigenvalue weighted by molar-refractivity contribution is 7.03. The molecule has 0 aromatic heterocycles. The van der Waals surface area contributed by atoms with Crippen molar-refractivity contribution in [3.8, 4) is 11.1 Å². The number of rotatable bonds is 6. The summed E-state index contributed by atoms with van der Waals surface area (Å²) in [5.41, 5.74) is 12.6. The van der Waals surface area contributed by atoms with E-state index in [2.05, 4.69) is 234 Å². The van der Waals surface area contributed by atoms with Crippen LogP contribution in [0.2, 0.25) is 13.1 Å². The minimum Gasteiger partial charge on any atom is -0.311 e. The monoisotopic (exact) mass is 756 g/mol. The first-order valence-electron chi connectivity index (χ1n) is 20.4. The molecule has 8 aromatic rings. The largest absolute Gasteiger partial charge is 0.311 e. The minimum atomic E-state index is -2.16. The number of benzene rings is 8. The van der Waals surface area contributed by atoms with E-state index in [0.717, 1.165) is 22.7 Å². The smallest absolute Gasteiger partial charge is 0.113 e. The molecule has 0 atom stereocenters. The van der Waals surface area contributed by atoms with E-state index in [0.29, 0.717) is 0 Å². The van der Waals surface area contributed by atoms with Crippen LogP contribution in [0.5, 0.6) is 0 Å². The molecule has 0 saturated heterocycles. The van der Waals surface area contributed by atoms with E-state index in [1.807, 2.05) is 0 Å². The Bertz CT molecular complexity index is 2750. The summed E-state index contributed by atoms with van der Waals surface area (Å²) >= 11 is 0. The zero-order chi connectivity index (χ0) is 39.7. The molecule has 1 aliphatic rings. The Morgan fingerprint density at radius 1 is 0.368 bits per heavy atom. The lowest BCUT2D eigenvalue weighted by Crippen LogP contribution is -2.56. The molecule has 0 bridgehead atoms. The molecular formula is C54H52N2Si. The van der Waals surface area contributed by atoms with Gasteiger partial charge in [-0.3, -0.25) is 0 Å². The Kier molecular flexibility index (Phi) is 8.79. The van der Waals surface area contributed by atoms with Crippen molar-refractivity contribution in [2.75, 3.05) is 9.80 Å². The SMILES string of the molecule is CC(C)(C)c1ccc(N(c2ccccc2)c2ccc3c(c2)[Si](C)(C)c2cccc4c2c-3cc2ccc(N(c3ccccc3)c3ccc(C(C)(C)C)cc3)cc24)cc1. The lowest BCUT2D eigenvalue weighted by atomic mass is 9.87. The lowest BCUT2D eigenvalue weighted by Gasteiger charge is -2.36. The zero-order valence-electron chi connectivity index (χ0n) is 34.6. The van der Waals surface area contributed by atoms with Gasteiger partial charge in [0.05, 0.1) is 0 Å². The molecule has 282 valence electrons. The summed E-state index contributed by atoms with van der Waals surface area (Å²) in [6, 6.07) is 63.6. The number of nitrogens with zero attached hydrogens (tertiary/aromatic N) is 2. The first-order valence-corrected chi connectivity index (χ1v) is 23.4. The topological polar surface area (TPSA) is 6.48 Å². The molecule has 3 heteroatoms. The number of anilines is 6. The van der Waals surface area contributed by atoms with Crippen LogP contribution in [-0.2, 0) is 10.8 Å². The van der Waals surface area contributed by atoms with Crippen molar-refractivity contribution in [1.82, 2.24) is 0 Å². The van der Waals surface area contributed by atoms with Crippen LogP contribution in [0.15, 0.2) is 170 Å². The van der Waals surface area contributed by atoms with Crippen molar-refractivity contribution in [3.05, 3.63) is 181 Å². The van der Waals surface area contributed by atoms with E-state index in [1.54, 1.807) is 0 Å². The van der Waals surface area contributed by atoms with Gasteiger partial charge in [-0.2, -0.15) is 0 Å². The van der Waals surface area contributed by atoms with E-state index < -0.39 is 8.07 Å². The fourth-order valence-corrected chi connectivity index (χ4v) is 12.0. The minimum absolute atomic E-state index is 0.0926. The Balaban J connectivity index is 1.20. The van der Waals surface area contributed by atoms with Gasteiger partial charge in [0, 0.05) is 34.1 Å². The van der Waals surface area contributed by atoms with Gasteiger partial charge in [-0.05, 0) is 144 Å². The van der Waals surface area contributed by atoms with Gasteiger partial charge in [0.15, 0.2) is 0 Å². The first kappa shape index (κ1) is 36.7. The van der Waals surface area contributed by atoms with Crippen molar-refractivity contribution in [3.63, 3.8) is 0 Å². The molecule has 8 aromatic carbocycles. The number of fused-ring (bicyclic) bond motifs is 4. The fourth-order valence-electron chi connectivity index (χ4n) is 8.91. The third-order valence-corrected chi connectivity index (χ3v) is 15.7. The normalized spacial score (nSPS) is 13.4. The Morgan fingerprint density at radius 2 is 0.842 bits per heavy atom. The molecule has 0 saturated carbocycles. The summed E-state index contributed by atoms with van der Waals surface area (Å²) in [6.07, 6.45) is 0. The van der Waals surface area contributed by atoms with Crippen LogP contribution in [0, 0.1) is 0 Å². The van der Waals surface area contributed by atoms with Crippen molar-refractivity contribution >= 4 is 74.1 Å². The van der Waals surface area contributed by atoms with Crippen LogP contribution in [0.25, 0.3) is 32.7 Å². The molecule has 1 heterocycles. The molecule has 0 N–H and O–H groups in total. The van der Waals surface area contributed by atoms with E-state index in [-0.39, 0.29) is 10.8 Å². The van der Waals surface area contributed by atoms with E-state index in [1.165, 1.54) is 65.5 Å². The molecule has 0 unspecified atom stereocenters. The number of para-hydroxylation sites is 2. The zero-order valence-corrected chi connectivity index (χ0v) is 35.6. The average Bonchev–Trinajstić information content (AvgIpc) is 3.21. The Hall–Kier alpha value is -5.90. The van der Waals surface area contributed by atoms with Crippen LogP contribution in [0.1, 0.15) is 52.7 Å². The molecular weight excluding hydrogens is 705 g/mol. The predicted molar refractivity (Wildman–Crippen MR) is 250 cm³/mol. The van der Waals surface area contributed by atoms with E-state index in [4.69, 9.17) is 0 Å². The molecule has 1 aliphatic heterocycles. The highest BCUT2D eigenvalue weighted by Crippen LogP contribution is 2.44. The summed E-state index contributed by atoms with van der Waals surface area (Å²) in [5.74, 6) is 0. The van der Waals surface area contributed by atoms with Crippen LogP contribution in [0.3, 0.4) is 0 Å². The van der Waals surface area contributed by atoms with Gasteiger partial charge < -0.3 is 9.80 Å². The van der Waals surface area contributed by atoms with Gasteiger partial charge in [0.2, 0.25) is 0 Å². The second kappa shape index (κ2) is 13.6. The van der Waals surface area contributed by atoms with Crippen molar-refractivity contribution in [2.45, 2.75) is 65.5 Å². The summed E-state index contributed by atoms with van der Waals surface area (Å²) in [6.45, 7) is 18.7. The highest BCUT2D eigenvalue weighted by Gasteiger charge is 2.36. The first-order chi connectivity index (χ1) is 27.3. The number of hydrogen-bond donors (Lipinski definition) is 0. The molecule has 0 amide bonds. The molecule has 9 rings (SSSR count). The Morgan fingerprint density at radius 3 is 1.37 bits per heavy atom. The average molecular weight is 757 g/mol. The van der Waals surface area contributed by atoms with Crippen LogP contribution in [-0.4, -0.2) is 8.07 Å². The predicted octanol–water partition coefficient (Wildman–Crippen LogP) is 14.3. The number of hydrogen-bond acceptors (Lipinski definition) is 2. The highest BCUT2D eigenvalue weighted by atomic mass is 28.3. The second-order valence-electron chi connectivity index (χ2n) is 18.3. The molecule has 0 fully saturated rings. The van der Waals surface area contributed by atoms with Gasteiger partial charge in [-0.15, -0.1) is 0 Å². The van der Waals surface area contributed by atoms with Gasteiger partial charge in [-0.25, -0.2) is 0 Å². The molecule has 0 radical (unpaired) electrons. The van der Waals surface area contributed by atoms with Crippen LogP contribution < -0.4 is 20.2 Å². The maximum atomic E-state index is 2.54. The molecule has 0 aliphatic carbocycles. The molecule has 0 spiro atoms. The van der Waals surface area contributed by atoms with Gasteiger partial charge in [0.1, 0.15) is 8.07 Å². The van der Waals surface area contributed by atoms with Crippen LogP contribution >= 0.6 is 0 Å². The van der Waals surface area contributed by atoms with Crippen molar-refractivity contribution < 1.29 is 0 Å². The Labute approximate surface area is 340 Å². The molecule has 2 nitrogen and oxygen atoms in total. The standard InChI is InChI=1S/C54H52N2Si/c1-53(2,3)38-23-28-42(29-24-38)55(40-16-11-9-12-17-40)44-27-22-37-34-49-46-33-32-45(36-51(46)57(7,8)50-21-15-20-47(52(49)50)48(37)35-44)56(41-18-13-10-14-19-41)43-30-25-39(26-31-43)54(4,5)6/h9-36H,1-8H3. The van der Waals surface area contributed by atoms with Gasteiger partial charge in [-0.1, -0.05) is 146 Å². The van der Waals surface area contributed by atoms with E-state index in [9.17, 15) is 0 Å². The van der Waals surface area contributed by atoms with Gasteiger partial charge in [0.25, 0.3) is 0 Å². The van der Waals surface area contributed by atoms with Crippen molar-refractivity contribution in [2.24, 2.45) is 0 Å². The van der Waals surface area contributed by atoms with Crippen molar-refractivity contribution in [1.29, 1.82) is 0 Å². The maximum Gasteiger partial charge on any atom is 0.113 e. The summed E-state index contributed by atoms with van der Waals surface area (Å²) < 4.78 is 0. The van der Waals surface area contributed by atoms with E-state index >= 15 is 0 Å². The van der Waals surface area contributed by atoms with Crippen LogP contribution in [0.4, 0.5) is 34.1 Å². The molecule has 57 heavy (non-hydrogen) atoms.